The predicted molar refractivity (Wildman–Crippen MR) is 107 cm³/mol. The molecule has 0 atom stereocenters. The van der Waals surface area contributed by atoms with E-state index < -0.39 is 0 Å². The van der Waals surface area contributed by atoms with E-state index in [0.717, 1.165) is 28.2 Å². The Kier molecular flexibility index (Phi) is 6.12. The lowest BCUT2D eigenvalue weighted by Crippen LogP contribution is -2.41. The van der Waals surface area contributed by atoms with Crippen LogP contribution in [0.4, 0.5) is 0 Å². The number of nitrogens with one attached hydrogen (secondary N) is 1. The summed E-state index contributed by atoms with van der Waals surface area (Å²) < 4.78 is 0. The second-order valence-corrected chi connectivity index (χ2v) is 7.81. The van der Waals surface area contributed by atoms with Crippen LogP contribution in [0, 0.1) is 5.92 Å². The fourth-order valence-electron chi connectivity index (χ4n) is 3.06. The molecule has 6 heteroatoms. The first-order valence-electron chi connectivity index (χ1n) is 8.61. The highest BCUT2D eigenvalue weighted by Gasteiger charge is 2.25. The third-order valence-electron chi connectivity index (χ3n) is 4.55. The third kappa shape index (κ3) is 4.54. The van der Waals surface area contributed by atoms with Gasteiger partial charge in [-0.3, -0.25) is 9.59 Å². The van der Waals surface area contributed by atoms with Crippen molar-refractivity contribution < 1.29 is 9.59 Å². The molecule has 2 aromatic rings. The van der Waals surface area contributed by atoms with Crippen LogP contribution >= 0.6 is 22.9 Å². The molecule has 3 rings (SSSR count). The van der Waals surface area contributed by atoms with Crippen molar-refractivity contribution in [2.24, 2.45) is 5.92 Å². The summed E-state index contributed by atoms with van der Waals surface area (Å²) >= 11 is 7.67. The summed E-state index contributed by atoms with van der Waals surface area (Å²) in [5, 5.41) is 3.39. The minimum atomic E-state index is -0.00179. The Bertz CT molecular complexity index is 823. The van der Waals surface area contributed by atoms with E-state index >= 15 is 0 Å². The molecule has 0 aliphatic carbocycles. The van der Waals surface area contributed by atoms with Crippen molar-refractivity contribution in [3.63, 3.8) is 0 Å². The van der Waals surface area contributed by atoms with Gasteiger partial charge in [-0.1, -0.05) is 23.7 Å². The van der Waals surface area contributed by atoms with Crippen molar-refractivity contribution in [2.45, 2.75) is 12.8 Å². The molecule has 0 saturated carbocycles. The highest BCUT2D eigenvalue weighted by molar-refractivity contribution is 7.16. The zero-order valence-corrected chi connectivity index (χ0v) is 16.1. The highest BCUT2D eigenvalue weighted by atomic mass is 35.5. The third-order valence-corrected chi connectivity index (χ3v) is 5.88. The van der Waals surface area contributed by atoms with E-state index in [-0.39, 0.29) is 17.7 Å². The molecule has 0 bridgehead atoms. The monoisotopic (exact) mass is 388 g/mol. The molecule has 1 aliphatic rings. The van der Waals surface area contributed by atoms with Gasteiger partial charge in [-0.05, 0) is 48.7 Å². The summed E-state index contributed by atoms with van der Waals surface area (Å²) in [6.45, 7) is 1.25. The first-order valence-corrected chi connectivity index (χ1v) is 9.80. The Morgan fingerprint density at radius 1 is 1.23 bits per heavy atom. The van der Waals surface area contributed by atoms with Gasteiger partial charge in [-0.25, -0.2) is 0 Å². The van der Waals surface area contributed by atoms with Crippen LogP contribution in [0.1, 0.15) is 17.7 Å². The molecule has 26 heavy (non-hydrogen) atoms. The summed E-state index contributed by atoms with van der Waals surface area (Å²) in [7, 11) is 1.65. The molecular weight excluding hydrogens is 368 g/mol. The largest absolute Gasteiger partial charge is 0.359 e. The van der Waals surface area contributed by atoms with Crippen LogP contribution < -0.4 is 5.32 Å². The lowest BCUT2D eigenvalue weighted by atomic mass is 9.96. The number of rotatable bonds is 4. The number of carbonyl (C=O) groups excluding carboxylic acids is 2. The number of piperidine rings is 1. The zero-order chi connectivity index (χ0) is 18.5. The number of hydrogen-bond donors (Lipinski definition) is 1. The normalized spacial score (nSPS) is 15.4. The Morgan fingerprint density at radius 2 is 2.00 bits per heavy atom. The highest BCUT2D eigenvalue weighted by Crippen LogP contribution is 2.30. The fourth-order valence-corrected chi connectivity index (χ4v) is 4.16. The van der Waals surface area contributed by atoms with Gasteiger partial charge in [0.05, 0.1) is 0 Å². The average Bonchev–Trinajstić information content (AvgIpc) is 3.14. The predicted octanol–water partition coefficient (Wildman–Crippen LogP) is 4.07. The van der Waals surface area contributed by atoms with Gasteiger partial charge in [-0.15, -0.1) is 11.3 Å². The molecule has 1 fully saturated rings. The fraction of sp³-hybridized carbons (Fsp3) is 0.300. The number of amides is 2. The first-order chi connectivity index (χ1) is 12.6. The van der Waals surface area contributed by atoms with Gasteiger partial charge in [0.25, 0.3) is 0 Å². The van der Waals surface area contributed by atoms with Crippen molar-refractivity contribution >= 4 is 40.8 Å². The Hall–Kier alpha value is -2.11. The number of hydrogen-bond acceptors (Lipinski definition) is 3. The van der Waals surface area contributed by atoms with Crippen LogP contribution in [-0.2, 0) is 9.59 Å². The minimum Gasteiger partial charge on any atom is -0.359 e. The second-order valence-electron chi connectivity index (χ2n) is 6.26. The van der Waals surface area contributed by atoms with Gasteiger partial charge in [0.2, 0.25) is 11.8 Å². The van der Waals surface area contributed by atoms with E-state index in [9.17, 15) is 9.59 Å². The van der Waals surface area contributed by atoms with Gasteiger partial charge in [-0.2, -0.15) is 0 Å². The molecule has 2 heterocycles. The molecule has 4 nitrogen and oxygen atoms in total. The lowest BCUT2D eigenvalue weighted by Gasteiger charge is -2.30. The van der Waals surface area contributed by atoms with E-state index in [2.05, 4.69) is 5.32 Å². The molecule has 1 aromatic carbocycles. The maximum absolute atomic E-state index is 12.4. The van der Waals surface area contributed by atoms with Crippen LogP contribution in [-0.4, -0.2) is 36.9 Å². The van der Waals surface area contributed by atoms with E-state index in [4.69, 9.17) is 11.6 Å². The van der Waals surface area contributed by atoms with Crippen LogP contribution in [0.2, 0.25) is 5.02 Å². The molecule has 0 unspecified atom stereocenters. The summed E-state index contributed by atoms with van der Waals surface area (Å²) in [6, 6.07) is 11.8. The van der Waals surface area contributed by atoms with E-state index in [1.54, 1.807) is 29.4 Å². The Labute approximate surface area is 162 Å². The maximum Gasteiger partial charge on any atom is 0.246 e. The van der Waals surface area contributed by atoms with Crippen molar-refractivity contribution in [3.05, 3.63) is 52.4 Å². The van der Waals surface area contributed by atoms with Crippen LogP contribution in [0.3, 0.4) is 0 Å². The topological polar surface area (TPSA) is 49.4 Å². The van der Waals surface area contributed by atoms with Gasteiger partial charge in [0.1, 0.15) is 0 Å². The van der Waals surface area contributed by atoms with Crippen LogP contribution in [0.15, 0.2) is 42.5 Å². The number of halogens is 1. The molecular formula is C20H21ClN2O2S. The molecule has 0 spiro atoms. The second kappa shape index (κ2) is 8.52. The number of likely N-dealkylation sites (tertiary alicyclic amines) is 1. The van der Waals surface area contributed by atoms with Gasteiger partial charge < -0.3 is 10.2 Å². The number of benzene rings is 1. The standard InChI is InChI=1S/C20H21ClN2O2S/c1-22-20(25)14-9-11-23(12-10-14)19(24)8-6-17-5-7-18(26-17)15-3-2-4-16(21)13-15/h2-8,13-14H,9-12H2,1H3,(H,22,25). The Balaban J connectivity index is 1.59. The lowest BCUT2D eigenvalue weighted by molar-refractivity contribution is -0.131. The molecule has 1 aliphatic heterocycles. The summed E-state index contributed by atoms with van der Waals surface area (Å²) in [4.78, 5) is 28.0. The number of carbonyl (C=O) groups is 2. The molecule has 1 saturated heterocycles. The SMILES string of the molecule is CNC(=O)C1CCN(C(=O)C=Cc2ccc(-c3cccc(Cl)c3)s2)CC1. The zero-order valence-electron chi connectivity index (χ0n) is 14.6. The van der Waals surface area contributed by atoms with Crippen LogP contribution in [0.5, 0.6) is 0 Å². The first kappa shape index (κ1) is 18.7. The Morgan fingerprint density at radius 3 is 2.69 bits per heavy atom. The summed E-state index contributed by atoms with van der Waals surface area (Å²) in [5.74, 6) is 0.0865. The minimum absolute atomic E-state index is 0.00179. The average molecular weight is 389 g/mol. The summed E-state index contributed by atoms with van der Waals surface area (Å²) in [6.07, 6.45) is 4.91. The summed E-state index contributed by atoms with van der Waals surface area (Å²) in [5.41, 5.74) is 1.07. The van der Waals surface area contributed by atoms with Crippen LogP contribution in [0.25, 0.3) is 16.5 Å². The van der Waals surface area contributed by atoms with Gasteiger partial charge in [0, 0.05) is 46.9 Å². The van der Waals surface area contributed by atoms with Gasteiger partial charge >= 0.3 is 0 Å². The van der Waals surface area contributed by atoms with Crippen molar-refractivity contribution in [3.8, 4) is 10.4 Å². The molecule has 1 N–H and O–H groups in total. The number of nitrogens with zero attached hydrogens (tertiary/aromatic N) is 1. The maximum atomic E-state index is 12.4. The van der Waals surface area contributed by atoms with Crippen molar-refractivity contribution in [2.75, 3.05) is 20.1 Å². The van der Waals surface area contributed by atoms with Gasteiger partial charge in [0.15, 0.2) is 0 Å². The number of thiophene rings is 1. The molecule has 0 radical (unpaired) electrons. The van der Waals surface area contributed by atoms with E-state index in [1.807, 2.05) is 42.5 Å². The molecule has 2 amide bonds. The van der Waals surface area contributed by atoms with E-state index in [0.29, 0.717) is 18.1 Å². The van der Waals surface area contributed by atoms with Crippen molar-refractivity contribution in [1.29, 1.82) is 0 Å². The van der Waals surface area contributed by atoms with Crippen molar-refractivity contribution in [1.82, 2.24) is 10.2 Å². The quantitative estimate of drug-likeness (QED) is 0.803. The smallest absolute Gasteiger partial charge is 0.246 e. The molecule has 1 aromatic heterocycles. The molecule has 136 valence electrons. The van der Waals surface area contributed by atoms with E-state index in [1.165, 1.54) is 0 Å².